The normalized spacial score (nSPS) is 24.4. The molecule has 0 aromatic rings. The van der Waals surface area contributed by atoms with Crippen LogP contribution in [0.1, 0.15) is 97.8 Å². The molecule has 3 rings (SSSR count). The Morgan fingerprint density at radius 1 is 1.00 bits per heavy atom. The van der Waals surface area contributed by atoms with Crippen LogP contribution in [0.4, 0.5) is 9.59 Å². The molecule has 2 aliphatic carbocycles. The molecule has 0 aromatic carbocycles. The zero-order chi connectivity index (χ0) is 31.0. The van der Waals surface area contributed by atoms with E-state index in [0.717, 1.165) is 44.9 Å². The van der Waals surface area contributed by atoms with Crippen molar-refractivity contribution < 1.29 is 38.9 Å². The molecule has 1 saturated heterocycles. The van der Waals surface area contributed by atoms with Crippen LogP contribution >= 0.6 is 0 Å². The summed E-state index contributed by atoms with van der Waals surface area (Å²) in [4.78, 5) is 64.8. The van der Waals surface area contributed by atoms with Gasteiger partial charge >= 0.3 is 12.2 Å². The second-order valence-corrected chi connectivity index (χ2v) is 13.0. The van der Waals surface area contributed by atoms with Crippen molar-refractivity contribution in [2.75, 3.05) is 6.54 Å². The Bertz CT molecular complexity index is 980. The Balaban J connectivity index is 1.75. The summed E-state index contributed by atoms with van der Waals surface area (Å²) < 4.78 is 5.47. The molecule has 0 radical (unpaired) electrons. The van der Waals surface area contributed by atoms with Crippen LogP contribution in [0, 0.1) is 11.8 Å². The van der Waals surface area contributed by atoms with Gasteiger partial charge in [0.15, 0.2) is 6.10 Å². The number of primary amides is 1. The minimum Gasteiger partial charge on any atom is -0.465 e. The molecule has 7 N–H and O–H groups in total. The van der Waals surface area contributed by atoms with E-state index in [-0.39, 0.29) is 36.8 Å². The highest BCUT2D eigenvalue weighted by Gasteiger charge is 2.53. The number of nitrogens with zero attached hydrogens (tertiary/aromatic N) is 1. The number of nitrogens with one attached hydrogen (secondary N) is 3. The number of carbonyl (C=O) groups is 5. The van der Waals surface area contributed by atoms with Crippen molar-refractivity contribution in [3.05, 3.63) is 0 Å². The molecular formula is C29H49N5O8. The topological polar surface area (TPSA) is 200 Å². The lowest BCUT2D eigenvalue weighted by Gasteiger charge is -2.38. The van der Waals surface area contributed by atoms with Crippen molar-refractivity contribution in [1.29, 1.82) is 0 Å². The maximum Gasteiger partial charge on any atom is 0.408 e. The average Bonchev–Trinajstić information content (AvgIpc) is 3.52. The fourth-order valence-electron chi connectivity index (χ4n) is 6.71. The first-order valence-electron chi connectivity index (χ1n) is 15.3. The number of likely N-dealkylation sites (tertiary alicyclic amines) is 1. The Kier molecular flexibility index (Phi) is 11.8. The first-order chi connectivity index (χ1) is 19.8. The first kappa shape index (κ1) is 33.4. The van der Waals surface area contributed by atoms with Crippen LogP contribution in [0.3, 0.4) is 0 Å². The maximum atomic E-state index is 14.1. The van der Waals surface area contributed by atoms with Crippen molar-refractivity contribution >= 4 is 29.9 Å². The molecule has 13 nitrogen and oxygen atoms in total. The standard InChI is InChI=1S/C29H49N5O8/c1-29(2,3)42-28(41)33-21(15-17-9-5-4-6-10-17)26(38)34-19-13-12-18(16-19)22(34)25(37)32-20(23(35)24(30)36)11-7-8-14-31-27(39)40/h17-23,31,35H,4-16H2,1-3H3,(H2,30,36)(H,32,37)(H,33,41)(H,39,40)/t18?,19?,20?,21?,22-,23?/m0/s1. The lowest BCUT2D eigenvalue weighted by atomic mass is 9.84. The first-order valence-corrected chi connectivity index (χ1v) is 15.3. The van der Waals surface area contributed by atoms with Crippen LogP contribution in [0.2, 0.25) is 0 Å². The molecule has 13 heteroatoms. The van der Waals surface area contributed by atoms with Gasteiger partial charge in [-0.25, -0.2) is 9.59 Å². The van der Waals surface area contributed by atoms with Crippen molar-refractivity contribution in [3.8, 4) is 0 Å². The summed E-state index contributed by atoms with van der Waals surface area (Å²) in [5.74, 6) is -1.58. The van der Waals surface area contributed by atoms with E-state index in [2.05, 4.69) is 16.0 Å². The Labute approximate surface area is 247 Å². The molecular weight excluding hydrogens is 546 g/mol. The molecule has 3 fully saturated rings. The summed E-state index contributed by atoms with van der Waals surface area (Å²) in [7, 11) is 0. The van der Waals surface area contributed by atoms with Gasteiger partial charge in [0.1, 0.15) is 17.7 Å². The van der Waals surface area contributed by atoms with Crippen LogP contribution in [0.15, 0.2) is 0 Å². The van der Waals surface area contributed by atoms with Gasteiger partial charge in [0.2, 0.25) is 17.7 Å². The van der Waals surface area contributed by atoms with Gasteiger partial charge in [-0.3, -0.25) is 14.4 Å². The number of amides is 5. The maximum absolute atomic E-state index is 14.1. The quantitative estimate of drug-likeness (QED) is 0.174. The summed E-state index contributed by atoms with van der Waals surface area (Å²) in [6, 6.07) is -2.78. The molecule has 0 aromatic heterocycles. The summed E-state index contributed by atoms with van der Waals surface area (Å²) in [5, 5.41) is 27.0. The van der Waals surface area contributed by atoms with Gasteiger partial charge in [0.25, 0.3) is 0 Å². The molecule has 42 heavy (non-hydrogen) atoms. The number of hydrogen-bond acceptors (Lipinski definition) is 7. The number of carbonyl (C=O) groups excluding carboxylic acids is 4. The minimum atomic E-state index is -1.64. The van der Waals surface area contributed by atoms with Crippen LogP contribution in [-0.4, -0.2) is 87.4 Å². The molecule has 0 spiro atoms. The summed E-state index contributed by atoms with van der Waals surface area (Å²) >= 11 is 0. The number of ether oxygens (including phenoxy) is 1. The molecule has 2 bridgehead atoms. The van der Waals surface area contributed by atoms with E-state index in [4.69, 9.17) is 15.6 Å². The molecule has 238 valence electrons. The van der Waals surface area contributed by atoms with Crippen molar-refractivity contribution in [1.82, 2.24) is 20.9 Å². The number of hydrogen-bond donors (Lipinski definition) is 6. The van der Waals surface area contributed by atoms with Gasteiger partial charge in [-0.2, -0.15) is 0 Å². The molecule has 5 unspecified atom stereocenters. The van der Waals surface area contributed by atoms with E-state index in [9.17, 15) is 29.1 Å². The highest BCUT2D eigenvalue weighted by molar-refractivity contribution is 5.93. The second kappa shape index (κ2) is 14.9. The van der Waals surface area contributed by atoms with Crippen LogP contribution < -0.4 is 21.7 Å². The highest BCUT2D eigenvalue weighted by atomic mass is 16.6. The predicted octanol–water partition coefficient (Wildman–Crippen LogP) is 2.00. The number of unbranched alkanes of at least 4 members (excludes halogenated alkanes) is 1. The molecule has 1 aliphatic heterocycles. The molecule has 6 atom stereocenters. The summed E-state index contributed by atoms with van der Waals surface area (Å²) in [5.41, 5.74) is 4.61. The second-order valence-electron chi connectivity index (χ2n) is 13.0. The highest BCUT2D eigenvalue weighted by Crippen LogP contribution is 2.43. The van der Waals surface area contributed by atoms with Gasteiger partial charge in [0, 0.05) is 12.6 Å². The number of fused-ring (bicyclic) bond motifs is 2. The number of alkyl carbamates (subject to hydrolysis) is 1. The average molecular weight is 596 g/mol. The van der Waals surface area contributed by atoms with E-state index in [1.54, 1.807) is 25.7 Å². The Hall–Kier alpha value is -3.09. The Morgan fingerprint density at radius 2 is 1.69 bits per heavy atom. The van der Waals surface area contributed by atoms with E-state index < -0.39 is 53.8 Å². The van der Waals surface area contributed by atoms with Crippen molar-refractivity contribution in [3.63, 3.8) is 0 Å². The fraction of sp³-hybridized carbons (Fsp3) is 0.828. The lowest BCUT2D eigenvalue weighted by Crippen LogP contribution is -2.60. The number of rotatable bonds is 13. The smallest absolute Gasteiger partial charge is 0.408 e. The van der Waals surface area contributed by atoms with Crippen LogP contribution in [0.5, 0.6) is 0 Å². The van der Waals surface area contributed by atoms with E-state index in [1.165, 1.54) is 0 Å². The number of piperidine rings is 1. The number of carboxylic acid groups (broad SMARTS) is 1. The summed E-state index contributed by atoms with van der Waals surface area (Å²) in [6.45, 7) is 5.45. The zero-order valence-corrected chi connectivity index (χ0v) is 25.1. The molecule has 2 saturated carbocycles. The molecule has 5 amide bonds. The minimum absolute atomic E-state index is 0.0815. The molecule has 1 heterocycles. The number of aliphatic hydroxyl groups is 1. The van der Waals surface area contributed by atoms with E-state index in [1.807, 2.05) is 0 Å². The molecule has 3 aliphatic rings. The van der Waals surface area contributed by atoms with Gasteiger partial charge in [0.05, 0.1) is 6.04 Å². The van der Waals surface area contributed by atoms with E-state index >= 15 is 0 Å². The van der Waals surface area contributed by atoms with Gasteiger partial charge in [-0.1, -0.05) is 32.1 Å². The van der Waals surface area contributed by atoms with Gasteiger partial charge in [-0.15, -0.1) is 0 Å². The predicted molar refractivity (Wildman–Crippen MR) is 153 cm³/mol. The van der Waals surface area contributed by atoms with E-state index in [0.29, 0.717) is 25.7 Å². The number of nitrogens with two attached hydrogens (primary N) is 1. The van der Waals surface area contributed by atoms with Crippen LogP contribution in [0.25, 0.3) is 0 Å². The van der Waals surface area contributed by atoms with Gasteiger partial charge in [-0.05, 0) is 77.6 Å². The third-order valence-electron chi connectivity index (χ3n) is 8.61. The summed E-state index contributed by atoms with van der Waals surface area (Å²) in [6.07, 6.45) is 5.48. The van der Waals surface area contributed by atoms with Gasteiger partial charge < -0.3 is 41.5 Å². The lowest BCUT2D eigenvalue weighted by molar-refractivity contribution is -0.145. The van der Waals surface area contributed by atoms with Crippen molar-refractivity contribution in [2.24, 2.45) is 17.6 Å². The Morgan fingerprint density at radius 3 is 2.31 bits per heavy atom. The van der Waals surface area contributed by atoms with Crippen LogP contribution in [-0.2, 0) is 19.1 Å². The largest absolute Gasteiger partial charge is 0.465 e. The van der Waals surface area contributed by atoms with Crippen molar-refractivity contribution in [2.45, 2.75) is 134 Å². The SMILES string of the molecule is CC(C)(C)OC(=O)NC(CC1CCCCC1)C(=O)N1C2CCC(C2)[C@H]1C(=O)NC(CCCCNC(=O)O)C(O)C(N)=O. The third-order valence-corrected chi connectivity index (χ3v) is 8.61. The fourth-order valence-corrected chi connectivity index (χ4v) is 6.71. The zero-order valence-electron chi connectivity index (χ0n) is 25.1. The third kappa shape index (κ3) is 9.47. The monoisotopic (exact) mass is 595 g/mol. The number of aliphatic hydroxyl groups excluding tert-OH is 1.